The Hall–Kier alpha value is -2.84. The molecular weight excluding hydrogens is 431 g/mol. The van der Waals surface area contributed by atoms with Crippen LogP contribution in [-0.4, -0.2) is 29.0 Å². The van der Waals surface area contributed by atoms with E-state index in [-0.39, 0.29) is 17.6 Å². The fourth-order valence-corrected chi connectivity index (χ4v) is 5.52. The quantitative estimate of drug-likeness (QED) is 0.430. The van der Waals surface area contributed by atoms with Gasteiger partial charge in [-0.1, -0.05) is 29.5 Å². The summed E-state index contributed by atoms with van der Waals surface area (Å²) in [5.41, 5.74) is 3.15. The zero-order valence-corrected chi connectivity index (χ0v) is 18.6. The van der Waals surface area contributed by atoms with Crippen LogP contribution in [0.2, 0.25) is 0 Å². The van der Waals surface area contributed by atoms with Gasteiger partial charge in [0.1, 0.15) is 11.3 Å². The Morgan fingerprint density at radius 1 is 1.16 bits per heavy atom. The summed E-state index contributed by atoms with van der Waals surface area (Å²) in [7, 11) is 0. The van der Waals surface area contributed by atoms with Crippen molar-refractivity contribution in [3.05, 3.63) is 58.7 Å². The number of carbonyl (C=O) groups is 1. The highest BCUT2D eigenvalue weighted by molar-refractivity contribution is 7.22. The Bertz CT molecular complexity index is 1240. The topological polar surface area (TPSA) is 58.1 Å². The summed E-state index contributed by atoms with van der Waals surface area (Å²) in [6.45, 7) is 3.45. The number of hydrogen-bond acceptors (Lipinski definition) is 6. The average Bonchev–Trinajstić information content (AvgIpc) is 3.41. The van der Waals surface area contributed by atoms with Gasteiger partial charge in [0.25, 0.3) is 0 Å². The molecule has 0 atom stereocenters. The van der Waals surface area contributed by atoms with Crippen molar-refractivity contribution in [3.8, 4) is 11.3 Å². The number of carbonyl (C=O) groups excluding carboxylic acids is 1. The lowest BCUT2D eigenvalue weighted by Gasteiger charge is -2.31. The van der Waals surface area contributed by atoms with Crippen LogP contribution >= 0.6 is 22.7 Å². The van der Waals surface area contributed by atoms with Crippen molar-refractivity contribution in [2.45, 2.75) is 19.8 Å². The van der Waals surface area contributed by atoms with Crippen LogP contribution in [0.1, 0.15) is 17.8 Å². The molecule has 8 heteroatoms. The molecule has 5 rings (SSSR count). The summed E-state index contributed by atoms with van der Waals surface area (Å²) < 4.78 is 14.8. The van der Waals surface area contributed by atoms with Gasteiger partial charge < -0.3 is 10.2 Å². The number of amides is 1. The first-order valence-electron chi connectivity index (χ1n) is 10.2. The minimum Gasteiger partial charge on any atom is -0.348 e. The molecule has 0 spiro atoms. The number of fused-ring (bicyclic) bond motifs is 1. The summed E-state index contributed by atoms with van der Waals surface area (Å²) >= 11 is 3.11. The second kappa shape index (κ2) is 8.36. The third-order valence-corrected chi connectivity index (χ3v) is 7.39. The highest BCUT2D eigenvalue weighted by atomic mass is 32.1. The maximum atomic E-state index is 13.9. The van der Waals surface area contributed by atoms with E-state index < -0.39 is 0 Å². The molecule has 5 nitrogen and oxygen atoms in total. The number of nitrogens with one attached hydrogen (secondary N) is 1. The average molecular weight is 453 g/mol. The molecule has 1 fully saturated rings. The lowest BCUT2D eigenvalue weighted by molar-refractivity contribution is -0.120. The molecule has 0 radical (unpaired) electrons. The van der Waals surface area contributed by atoms with E-state index in [1.165, 1.54) is 17.4 Å². The van der Waals surface area contributed by atoms with Gasteiger partial charge in [0, 0.05) is 35.6 Å². The summed E-state index contributed by atoms with van der Waals surface area (Å²) in [6.07, 6.45) is 1.49. The number of thiazole rings is 2. The minimum atomic E-state index is -0.288. The zero-order valence-electron chi connectivity index (χ0n) is 17.0. The van der Waals surface area contributed by atoms with Gasteiger partial charge in [0.15, 0.2) is 5.13 Å². The zero-order chi connectivity index (χ0) is 21.4. The minimum absolute atomic E-state index is 0.0432. The number of aryl methyl sites for hydroxylation is 1. The van der Waals surface area contributed by atoms with Crippen LogP contribution in [0.25, 0.3) is 21.5 Å². The van der Waals surface area contributed by atoms with E-state index in [1.54, 1.807) is 17.4 Å². The maximum Gasteiger partial charge on any atom is 0.227 e. The molecule has 0 saturated carbocycles. The van der Waals surface area contributed by atoms with Gasteiger partial charge in [-0.15, -0.1) is 11.3 Å². The van der Waals surface area contributed by atoms with Gasteiger partial charge in [0.2, 0.25) is 5.91 Å². The maximum absolute atomic E-state index is 13.9. The fourth-order valence-electron chi connectivity index (χ4n) is 3.87. The number of anilines is 2. The Balaban J connectivity index is 1.22. The van der Waals surface area contributed by atoms with Crippen LogP contribution in [-0.2, 0) is 4.79 Å². The summed E-state index contributed by atoms with van der Waals surface area (Å²) in [6, 6.07) is 12.9. The third-order valence-electron chi connectivity index (χ3n) is 5.54. The summed E-state index contributed by atoms with van der Waals surface area (Å²) in [5, 5.41) is 6.94. The van der Waals surface area contributed by atoms with Gasteiger partial charge in [-0.2, -0.15) is 0 Å². The molecule has 1 N–H and O–H groups in total. The van der Waals surface area contributed by atoms with E-state index >= 15 is 0 Å². The predicted molar refractivity (Wildman–Crippen MR) is 125 cm³/mol. The number of aromatic nitrogens is 2. The van der Waals surface area contributed by atoms with Gasteiger partial charge in [-0.25, -0.2) is 14.4 Å². The van der Waals surface area contributed by atoms with Crippen molar-refractivity contribution in [1.82, 2.24) is 9.97 Å². The number of benzene rings is 2. The molecule has 31 heavy (non-hydrogen) atoms. The first-order valence-corrected chi connectivity index (χ1v) is 11.9. The SMILES string of the molecule is Cc1nc(-c2cccc(NC(=O)C3CCN(c4nc5c(F)cccc5s4)CC3)c2)cs1. The number of nitrogens with zero attached hydrogens (tertiary/aromatic N) is 3. The summed E-state index contributed by atoms with van der Waals surface area (Å²) in [4.78, 5) is 24.0. The molecule has 0 bridgehead atoms. The van der Waals surface area contributed by atoms with E-state index in [2.05, 4.69) is 20.2 Å². The number of halogens is 1. The van der Waals surface area contributed by atoms with Crippen LogP contribution in [0.5, 0.6) is 0 Å². The molecular formula is C23H21FN4OS2. The van der Waals surface area contributed by atoms with E-state index in [4.69, 9.17) is 0 Å². The number of piperidine rings is 1. The van der Waals surface area contributed by atoms with Crippen molar-refractivity contribution < 1.29 is 9.18 Å². The van der Waals surface area contributed by atoms with Crippen LogP contribution < -0.4 is 10.2 Å². The van der Waals surface area contributed by atoms with Gasteiger partial charge in [-0.05, 0) is 44.0 Å². The Labute approximate surface area is 187 Å². The molecule has 1 aliphatic rings. The van der Waals surface area contributed by atoms with Crippen LogP contribution in [0.4, 0.5) is 15.2 Å². The number of hydrogen-bond donors (Lipinski definition) is 1. The molecule has 0 aliphatic carbocycles. The Kier molecular flexibility index (Phi) is 5.41. The molecule has 2 aromatic carbocycles. The van der Waals surface area contributed by atoms with E-state index in [9.17, 15) is 9.18 Å². The molecule has 1 amide bonds. The van der Waals surface area contributed by atoms with Gasteiger partial charge in [-0.3, -0.25) is 4.79 Å². The molecule has 158 valence electrons. The molecule has 1 aliphatic heterocycles. The van der Waals surface area contributed by atoms with Crippen LogP contribution in [0, 0.1) is 18.7 Å². The van der Waals surface area contributed by atoms with Crippen molar-refractivity contribution in [3.63, 3.8) is 0 Å². The standard InChI is InChI=1S/C23H21FN4OS2/c1-14-25-19(13-30-14)16-4-2-5-17(12-16)26-22(29)15-8-10-28(11-9-15)23-27-21-18(24)6-3-7-20(21)31-23/h2-7,12-13,15H,8-11H2,1H3,(H,26,29). The van der Waals surface area contributed by atoms with Crippen LogP contribution in [0.15, 0.2) is 47.8 Å². The Morgan fingerprint density at radius 2 is 1.97 bits per heavy atom. The molecule has 4 aromatic rings. The summed E-state index contributed by atoms with van der Waals surface area (Å²) in [5.74, 6) is -0.293. The smallest absolute Gasteiger partial charge is 0.227 e. The normalized spacial score (nSPS) is 14.8. The third kappa shape index (κ3) is 4.18. The fraction of sp³-hybridized carbons (Fsp3) is 0.261. The first kappa shape index (κ1) is 20.1. The van der Waals surface area contributed by atoms with E-state index in [0.29, 0.717) is 5.52 Å². The second-order valence-corrected chi connectivity index (χ2v) is 9.74. The lowest BCUT2D eigenvalue weighted by atomic mass is 9.96. The second-order valence-electron chi connectivity index (χ2n) is 7.67. The largest absolute Gasteiger partial charge is 0.348 e. The van der Waals surface area contributed by atoms with Gasteiger partial charge >= 0.3 is 0 Å². The first-order chi connectivity index (χ1) is 15.1. The predicted octanol–water partition coefficient (Wildman–Crippen LogP) is 5.72. The number of rotatable bonds is 4. The molecule has 0 unspecified atom stereocenters. The number of para-hydroxylation sites is 1. The van der Waals surface area contributed by atoms with E-state index in [1.807, 2.05) is 42.6 Å². The van der Waals surface area contributed by atoms with Crippen molar-refractivity contribution in [1.29, 1.82) is 0 Å². The molecule has 3 heterocycles. The molecule has 2 aromatic heterocycles. The molecule has 1 saturated heterocycles. The van der Waals surface area contributed by atoms with Crippen molar-refractivity contribution in [2.24, 2.45) is 5.92 Å². The van der Waals surface area contributed by atoms with Crippen LogP contribution in [0.3, 0.4) is 0 Å². The monoisotopic (exact) mass is 452 g/mol. The van der Waals surface area contributed by atoms with E-state index in [0.717, 1.165) is 57.7 Å². The van der Waals surface area contributed by atoms with Gasteiger partial charge in [0.05, 0.1) is 15.4 Å². The van der Waals surface area contributed by atoms with Crippen molar-refractivity contribution in [2.75, 3.05) is 23.3 Å². The van der Waals surface area contributed by atoms with Crippen molar-refractivity contribution >= 4 is 49.6 Å². The Morgan fingerprint density at radius 3 is 2.71 bits per heavy atom. The highest BCUT2D eigenvalue weighted by Crippen LogP contribution is 2.33. The lowest BCUT2D eigenvalue weighted by Crippen LogP contribution is -2.38. The highest BCUT2D eigenvalue weighted by Gasteiger charge is 2.27.